The molecule has 0 bridgehead atoms. The first-order valence-corrected chi connectivity index (χ1v) is 7.91. The van der Waals surface area contributed by atoms with Crippen LogP contribution >= 0.6 is 11.3 Å². The van der Waals surface area contributed by atoms with Gasteiger partial charge in [-0.1, -0.05) is 36.8 Å². The fourth-order valence-electron chi connectivity index (χ4n) is 1.94. The number of nitrogens with zero attached hydrogens (tertiary/aromatic N) is 1. The number of benzene rings is 1. The van der Waals surface area contributed by atoms with Gasteiger partial charge in [-0.25, -0.2) is 4.98 Å². The molecule has 5 nitrogen and oxygen atoms in total. The third kappa shape index (κ3) is 4.39. The number of rotatable bonds is 5. The van der Waals surface area contributed by atoms with Crippen molar-refractivity contribution in [2.75, 3.05) is 11.9 Å². The molecule has 0 aliphatic carbocycles. The van der Waals surface area contributed by atoms with Crippen LogP contribution in [0.2, 0.25) is 0 Å². The largest absolute Gasteiger partial charge is 0.350 e. The van der Waals surface area contributed by atoms with Crippen molar-refractivity contribution in [2.24, 2.45) is 0 Å². The lowest BCUT2D eigenvalue weighted by atomic mass is 10.00. The van der Waals surface area contributed by atoms with Crippen LogP contribution in [0.1, 0.15) is 41.4 Å². The quantitative estimate of drug-likeness (QED) is 0.890. The molecule has 0 radical (unpaired) electrons. The highest BCUT2D eigenvalue weighted by Crippen LogP contribution is 2.17. The van der Waals surface area contributed by atoms with Gasteiger partial charge in [-0.05, 0) is 18.4 Å². The molecule has 0 spiro atoms. The van der Waals surface area contributed by atoms with Crippen LogP contribution in [-0.2, 0) is 4.79 Å². The van der Waals surface area contributed by atoms with Crippen LogP contribution in [0.15, 0.2) is 29.6 Å². The van der Waals surface area contributed by atoms with E-state index in [0.29, 0.717) is 17.4 Å². The van der Waals surface area contributed by atoms with Crippen molar-refractivity contribution in [3.05, 3.63) is 46.5 Å². The van der Waals surface area contributed by atoms with E-state index in [2.05, 4.69) is 46.8 Å². The molecule has 116 valence electrons. The molecule has 1 heterocycles. The highest BCUT2D eigenvalue weighted by molar-refractivity contribution is 7.14. The second-order valence-corrected chi connectivity index (χ2v) is 6.10. The minimum absolute atomic E-state index is 0.200. The van der Waals surface area contributed by atoms with E-state index >= 15 is 0 Å². The summed E-state index contributed by atoms with van der Waals surface area (Å²) in [4.78, 5) is 27.1. The number of amides is 2. The minimum atomic E-state index is -0.230. The van der Waals surface area contributed by atoms with E-state index in [1.807, 2.05) is 6.92 Å². The Labute approximate surface area is 133 Å². The van der Waals surface area contributed by atoms with Crippen LogP contribution in [-0.4, -0.2) is 23.3 Å². The van der Waals surface area contributed by atoms with Gasteiger partial charge in [0.05, 0.1) is 0 Å². The van der Waals surface area contributed by atoms with Gasteiger partial charge in [0.15, 0.2) is 5.13 Å². The maximum Gasteiger partial charge on any atom is 0.270 e. The fraction of sp³-hybridized carbons (Fsp3) is 0.312. The summed E-state index contributed by atoms with van der Waals surface area (Å²) in [6.45, 7) is 6.05. The molecular formula is C16H19N3O2S. The first kappa shape index (κ1) is 16.2. The van der Waals surface area contributed by atoms with Gasteiger partial charge in [-0.15, -0.1) is 11.3 Å². The summed E-state index contributed by atoms with van der Waals surface area (Å²) < 4.78 is 0. The number of aryl methyl sites for hydroxylation is 1. The molecule has 1 aromatic carbocycles. The predicted molar refractivity (Wildman–Crippen MR) is 88.3 cm³/mol. The third-order valence-electron chi connectivity index (χ3n) is 3.23. The van der Waals surface area contributed by atoms with Crippen LogP contribution in [0.5, 0.6) is 0 Å². The molecule has 6 heteroatoms. The van der Waals surface area contributed by atoms with Crippen molar-refractivity contribution in [2.45, 2.75) is 26.7 Å². The van der Waals surface area contributed by atoms with E-state index in [1.54, 1.807) is 5.38 Å². The van der Waals surface area contributed by atoms with E-state index in [9.17, 15) is 9.59 Å². The van der Waals surface area contributed by atoms with Crippen LogP contribution in [0.3, 0.4) is 0 Å². The second kappa shape index (κ2) is 7.17. The Morgan fingerprint density at radius 1 is 1.27 bits per heavy atom. The van der Waals surface area contributed by atoms with Gasteiger partial charge in [0.25, 0.3) is 5.91 Å². The zero-order chi connectivity index (χ0) is 16.1. The Bertz CT molecular complexity index is 664. The highest BCUT2D eigenvalue weighted by atomic mass is 32.1. The molecule has 1 aromatic heterocycles. The molecule has 2 rings (SSSR count). The van der Waals surface area contributed by atoms with Crippen molar-refractivity contribution < 1.29 is 9.59 Å². The number of nitrogens with one attached hydrogen (secondary N) is 2. The number of anilines is 1. The van der Waals surface area contributed by atoms with Crippen LogP contribution in [0, 0.1) is 6.92 Å². The molecule has 0 aliphatic heterocycles. The fourth-order valence-corrected chi connectivity index (χ4v) is 2.67. The zero-order valence-corrected chi connectivity index (χ0v) is 13.7. The van der Waals surface area contributed by atoms with Gasteiger partial charge >= 0.3 is 0 Å². The van der Waals surface area contributed by atoms with E-state index in [4.69, 9.17) is 0 Å². The van der Waals surface area contributed by atoms with Crippen molar-refractivity contribution in [1.82, 2.24) is 10.3 Å². The Kier molecular flexibility index (Phi) is 5.27. The average Bonchev–Trinajstić information content (AvgIpc) is 2.93. The summed E-state index contributed by atoms with van der Waals surface area (Å²) in [5.41, 5.74) is 2.72. The molecule has 0 saturated carbocycles. The van der Waals surface area contributed by atoms with Gasteiger partial charge in [0.2, 0.25) is 5.91 Å². The van der Waals surface area contributed by atoms with Crippen LogP contribution in [0.25, 0.3) is 0 Å². The molecule has 2 N–H and O–H groups in total. The minimum Gasteiger partial charge on any atom is -0.350 e. The van der Waals surface area contributed by atoms with Gasteiger partial charge in [0, 0.05) is 18.8 Å². The molecule has 0 fully saturated rings. The van der Waals surface area contributed by atoms with Crippen molar-refractivity contribution in [3.8, 4) is 0 Å². The molecule has 0 saturated heterocycles. The van der Waals surface area contributed by atoms with Crippen LogP contribution in [0.4, 0.5) is 5.13 Å². The summed E-state index contributed by atoms with van der Waals surface area (Å²) in [6.07, 6.45) is 0. The third-order valence-corrected chi connectivity index (χ3v) is 3.99. The smallest absolute Gasteiger partial charge is 0.270 e. The van der Waals surface area contributed by atoms with E-state index in [0.717, 1.165) is 0 Å². The van der Waals surface area contributed by atoms with Crippen molar-refractivity contribution >= 4 is 28.3 Å². The average molecular weight is 317 g/mol. The summed E-state index contributed by atoms with van der Waals surface area (Å²) >= 11 is 1.23. The maximum atomic E-state index is 12.1. The molecule has 0 aliphatic rings. The Morgan fingerprint density at radius 3 is 2.59 bits per heavy atom. The van der Waals surface area contributed by atoms with Gasteiger partial charge < -0.3 is 10.6 Å². The van der Waals surface area contributed by atoms with Gasteiger partial charge in [-0.3, -0.25) is 9.59 Å². The van der Waals surface area contributed by atoms with Crippen molar-refractivity contribution in [1.29, 1.82) is 0 Å². The topological polar surface area (TPSA) is 71.1 Å². The first-order valence-electron chi connectivity index (χ1n) is 7.03. The summed E-state index contributed by atoms with van der Waals surface area (Å²) in [6, 6.07) is 8.27. The lowest BCUT2D eigenvalue weighted by molar-refractivity contribution is -0.114. The standard InChI is InChI=1S/C16H19N3O2S/c1-10-4-6-13(7-5-10)11(2)8-17-15(21)14-9-22-16(19-14)18-12(3)20/h4-7,9,11H,8H2,1-3H3,(H,17,21)(H,18,19,20). The number of aromatic nitrogens is 1. The molecular weight excluding hydrogens is 298 g/mol. The second-order valence-electron chi connectivity index (χ2n) is 5.24. The maximum absolute atomic E-state index is 12.1. The number of carbonyl (C=O) groups is 2. The molecule has 2 amide bonds. The summed E-state index contributed by atoms with van der Waals surface area (Å²) in [7, 11) is 0. The highest BCUT2D eigenvalue weighted by Gasteiger charge is 2.13. The number of thiazole rings is 1. The SMILES string of the molecule is CC(=O)Nc1nc(C(=O)NCC(C)c2ccc(C)cc2)cs1. The van der Waals surface area contributed by atoms with Gasteiger partial charge in [-0.2, -0.15) is 0 Å². The summed E-state index contributed by atoms with van der Waals surface area (Å²) in [5.74, 6) is -0.209. The van der Waals surface area contributed by atoms with E-state index in [-0.39, 0.29) is 17.7 Å². The predicted octanol–water partition coefficient (Wildman–Crippen LogP) is 2.94. The first-order chi connectivity index (χ1) is 10.5. The zero-order valence-electron chi connectivity index (χ0n) is 12.8. The van der Waals surface area contributed by atoms with Gasteiger partial charge in [0.1, 0.15) is 5.69 Å². The normalized spacial score (nSPS) is 11.8. The number of hydrogen-bond donors (Lipinski definition) is 2. The lowest BCUT2D eigenvalue weighted by Crippen LogP contribution is -2.27. The van der Waals surface area contributed by atoms with E-state index in [1.165, 1.54) is 29.4 Å². The molecule has 2 aromatic rings. The molecule has 1 atom stereocenters. The number of hydrogen-bond acceptors (Lipinski definition) is 4. The van der Waals surface area contributed by atoms with Crippen LogP contribution < -0.4 is 10.6 Å². The van der Waals surface area contributed by atoms with E-state index < -0.39 is 0 Å². The lowest BCUT2D eigenvalue weighted by Gasteiger charge is -2.12. The van der Waals surface area contributed by atoms with Crippen molar-refractivity contribution in [3.63, 3.8) is 0 Å². The molecule has 22 heavy (non-hydrogen) atoms. The Balaban J connectivity index is 1.90. The monoisotopic (exact) mass is 317 g/mol. The number of carbonyl (C=O) groups excluding carboxylic acids is 2. The molecule has 1 unspecified atom stereocenters. The Morgan fingerprint density at radius 2 is 1.95 bits per heavy atom. The Hall–Kier alpha value is -2.21. The summed E-state index contributed by atoms with van der Waals surface area (Å²) in [5, 5.41) is 7.51.